The van der Waals surface area contributed by atoms with Crippen molar-refractivity contribution in [2.45, 2.75) is 17.7 Å². The lowest BCUT2D eigenvalue weighted by Crippen LogP contribution is -2.04. The average Bonchev–Trinajstić information content (AvgIpc) is 2.44. The fraction of sp³-hybridized carbons (Fsp3) is 0.231. The fourth-order valence-corrected chi connectivity index (χ4v) is 2.58. The Balaban J connectivity index is 1.92. The minimum atomic E-state index is -3.85. The minimum absolute atomic E-state index is 0.0391. The second-order valence-corrected chi connectivity index (χ2v) is 6.59. The number of aryl methyl sites for hydroxylation is 1. The van der Waals surface area contributed by atoms with Gasteiger partial charge in [-0.1, -0.05) is 0 Å². The summed E-state index contributed by atoms with van der Waals surface area (Å²) in [6, 6.07) is 6.72. The molecule has 2 rings (SSSR count). The fourth-order valence-electron chi connectivity index (χ4n) is 1.66. The number of hydrogen-bond acceptors (Lipinski definition) is 5. The van der Waals surface area contributed by atoms with Crippen molar-refractivity contribution in [3.8, 4) is 5.88 Å². The summed E-state index contributed by atoms with van der Waals surface area (Å²) in [6.07, 6.45) is 6.48. The molecule has 0 spiro atoms. The Morgan fingerprint density at radius 1 is 1.15 bits per heavy atom. The van der Waals surface area contributed by atoms with Crippen LogP contribution in [0.3, 0.4) is 0 Å². The van der Waals surface area contributed by atoms with Gasteiger partial charge in [0.1, 0.15) is 4.90 Å². The molecule has 7 heteroatoms. The summed E-state index contributed by atoms with van der Waals surface area (Å²) in [5, 5.41) is 0. The SMILES string of the molecule is O=S(=O)(Cl)c1cccnc1OCCCc1ccncc1. The monoisotopic (exact) mass is 312 g/mol. The lowest BCUT2D eigenvalue weighted by Gasteiger charge is -2.08. The summed E-state index contributed by atoms with van der Waals surface area (Å²) < 4.78 is 28.1. The van der Waals surface area contributed by atoms with E-state index in [0.717, 1.165) is 18.4 Å². The first kappa shape index (κ1) is 14.7. The molecule has 0 saturated carbocycles. The lowest BCUT2D eigenvalue weighted by atomic mass is 10.1. The van der Waals surface area contributed by atoms with E-state index in [4.69, 9.17) is 15.4 Å². The van der Waals surface area contributed by atoms with Crippen LogP contribution in [0.25, 0.3) is 0 Å². The van der Waals surface area contributed by atoms with Gasteiger partial charge in [-0.3, -0.25) is 4.98 Å². The predicted octanol–water partition coefficient (Wildman–Crippen LogP) is 2.42. The van der Waals surface area contributed by atoms with Crippen LogP contribution < -0.4 is 4.74 Å². The third kappa shape index (κ3) is 4.18. The first-order valence-electron chi connectivity index (χ1n) is 5.99. The summed E-state index contributed by atoms with van der Waals surface area (Å²) in [4.78, 5) is 7.73. The molecule has 0 aliphatic heterocycles. The zero-order valence-electron chi connectivity index (χ0n) is 10.6. The van der Waals surface area contributed by atoms with Gasteiger partial charge < -0.3 is 4.74 Å². The average molecular weight is 313 g/mol. The van der Waals surface area contributed by atoms with Crippen molar-refractivity contribution in [2.24, 2.45) is 0 Å². The van der Waals surface area contributed by atoms with Crippen molar-refractivity contribution < 1.29 is 13.2 Å². The van der Waals surface area contributed by atoms with Crippen molar-refractivity contribution >= 4 is 19.7 Å². The van der Waals surface area contributed by atoms with Gasteiger partial charge in [0.2, 0.25) is 5.88 Å². The molecule has 0 aliphatic carbocycles. The Morgan fingerprint density at radius 3 is 2.60 bits per heavy atom. The lowest BCUT2D eigenvalue weighted by molar-refractivity contribution is 0.291. The van der Waals surface area contributed by atoms with E-state index < -0.39 is 9.05 Å². The van der Waals surface area contributed by atoms with Crippen LogP contribution in [0, 0.1) is 0 Å². The predicted molar refractivity (Wildman–Crippen MR) is 75.3 cm³/mol. The Hall–Kier alpha value is -1.66. The van der Waals surface area contributed by atoms with E-state index in [1.807, 2.05) is 12.1 Å². The van der Waals surface area contributed by atoms with Gasteiger partial charge in [-0.2, -0.15) is 0 Å². The van der Waals surface area contributed by atoms with Gasteiger partial charge in [-0.05, 0) is 42.7 Å². The third-order valence-electron chi connectivity index (χ3n) is 2.60. The highest BCUT2D eigenvalue weighted by atomic mass is 35.7. The molecule has 20 heavy (non-hydrogen) atoms. The molecular formula is C13H13ClN2O3S. The van der Waals surface area contributed by atoms with Crippen LogP contribution >= 0.6 is 10.7 Å². The second-order valence-electron chi connectivity index (χ2n) is 4.05. The molecule has 2 aromatic rings. The number of halogens is 1. The van der Waals surface area contributed by atoms with Crippen molar-refractivity contribution in [3.63, 3.8) is 0 Å². The van der Waals surface area contributed by atoms with Crippen molar-refractivity contribution in [2.75, 3.05) is 6.61 Å². The van der Waals surface area contributed by atoms with Gasteiger partial charge in [0.05, 0.1) is 6.61 Å². The van der Waals surface area contributed by atoms with Crippen LogP contribution in [0.5, 0.6) is 5.88 Å². The molecule has 2 aromatic heterocycles. The molecule has 0 atom stereocenters. The topological polar surface area (TPSA) is 69.2 Å². The molecule has 0 N–H and O–H groups in total. The van der Waals surface area contributed by atoms with E-state index in [2.05, 4.69) is 9.97 Å². The van der Waals surface area contributed by atoms with Crippen molar-refractivity contribution in [1.82, 2.24) is 9.97 Å². The van der Waals surface area contributed by atoms with Crippen LogP contribution in [0.15, 0.2) is 47.8 Å². The van der Waals surface area contributed by atoms with Gasteiger partial charge in [0.15, 0.2) is 0 Å². The maximum atomic E-state index is 11.3. The number of aromatic nitrogens is 2. The summed E-state index contributed by atoms with van der Waals surface area (Å²) in [7, 11) is 1.47. The number of ether oxygens (including phenoxy) is 1. The normalized spacial score (nSPS) is 11.2. The molecule has 0 aliphatic rings. The number of pyridine rings is 2. The molecule has 0 unspecified atom stereocenters. The van der Waals surface area contributed by atoms with E-state index in [9.17, 15) is 8.42 Å². The molecule has 5 nitrogen and oxygen atoms in total. The van der Waals surface area contributed by atoms with Crippen molar-refractivity contribution in [3.05, 3.63) is 48.4 Å². The van der Waals surface area contributed by atoms with Crippen LogP contribution in [0.1, 0.15) is 12.0 Å². The quantitative estimate of drug-likeness (QED) is 0.605. The molecule has 2 heterocycles. The molecule has 0 bridgehead atoms. The van der Waals surface area contributed by atoms with Crippen LogP contribution in [0.4, 0.5) is 0 Å². The molecule has 0 amide bonds. The highest BCUT2D eigenvalue weighted by Crippen LogP contribution is 2.24. The van der Waals surface area contributed by atoms with Gasteiger partial charge in [0.25, 0.3) is 9.05 Å². The smallest absolute Gasteiger partial charge is 0.266 e. The first-order valence-corrected chi connectivity index (χ1v) is 8.30. The largest absolute Gasteiger partial charge is 0.477 e. The van der Waals surface area contributed by atoms with Crippen LogP contribution in [-0.4, -0.2) is 25.0 Å². The first-order chi connectivity index (χ1) is 9.57. The van der Waals surface area contributed by atoms with Gasteiger partial charge in [0, 0.05) is 29.3 Å². The molecule has 0 radical (unpaired) electrons. The highest BCUT2D eigenvalue weighted by molar-refractivity contribution is 8.13. The molecular weight excluding hydrogens is 300 g/mol. The third-order valence-corrected chi connectivity index (χ3v) is 3.93. The summed E-state index contributed by atoms with van der Waals surface area (Å²) in [5.41, 5.74) is 1.15. The van der Waals surface area contributed by atoms with Gasteiger partial charge >= 0.3 is 0 Å². The molecule has 106 valence electrons. The maximum Gasteiger partial charge on any atom is 0.266 e. The summed E-state index contributed by atoms with van der Waals surface area (Å²) >= 11 is 0. The highest BCUT2D eigenvalue weighted by Gasteiger charge is 2.17. The van der Waals surface area contributed by atoms with E-state index >= 15 is 0 Å². The summed E-state index contributed by atoms with van der Waals surface area (Å²) in [5.74, 6) is 0.0391. The zero-order valence-corrected chi connectivity index (χ0v) is 12.1. The Bertz CT molecular complexity index is 662. The van der Waals surface area contributed by atoms with Gasteiger partial charge in [-0.15, -0.1) is 0 Å². The minimum Gasteiger partial charge on any atom is -0.477 e. The summed E-state index contributed by atoms with van der Waals surface area (Å²) in [6.45, 7) is 0.360. The van der Waals surface area contributed by atoms with E-state index in [-0.39, 0.29) is 10.8 Å². The Labute approximate surface area is 122 Å². The van der Waals surface area contributed by atoms with E-state index in [0.29, 0.717) is 6.61 Å². The number of hydrogen-bond donors (Lipinski definition) is 0. The zero-order chi connectivity index (χ0) is 14.4. The molecule has 0 saturated heterocycles. The standard InChI is InChI=1S/C13H13ClN2O3S/c14-20(17,18)12-4-1-7-16-13(12)19-10-2-3-11-5-8-15-9-6-11/h1,4-9H,2-3,10H2. The van der Waals surface area contributed by atoms with E-state index in [1.165, 1.54) is 18.3 Å². The van der Waals surface area contributed by atoms with E-state index in [1.54, 1.807) is 12.4 Å². The van der Waals surface area contributed by atoms with Gasteiger partial charge in [-0.25, -0.2) is 13.4 Å². The van der Waals surface area contributed by atoms with Crippen LogP contribution in [-0.2, 0) is 15.5 Å². The van der Waals surface area contributed by atoms with Crippen molar-refractivity contribution in [1.29, 1.82) is 0 Å². The van der Waals surface area contributed by atoms with Crippen LogP contribution in [0.2, 0.25) is 0 Å². The number of rotatable bonds is 6. The maximum absolute atomic E-state index is 11.3. The second kappa shape index (κ2) is 6.67. The number of nitrogens with zero attached hydrogens (tertiary/aromatic N) is 2. The Kier molecular flexibility index (Phi) is 4.92. The molecule has 0 fully saturated rings. The Morgan fingerprint density at radius 2 is 1.90 bits per heavy atom. The molecule has 0 aromatic carbocycles.